The lowest BCUT2D eigenvalue weighted by Gasteiger charge is -2.18. The van der Waals surface area contributed by atoms with Crippen LogP contribution in [-0.2, 0) is 28.2 Å². The van der Waals surface area contributed by atoms with Gasteiger partial charge in [-0.15, -0.1) is 0 Å². The summed E-state index contributed by atoms with van der Waals surface area (Å²) in [7, 11) is -4.76. The van der Waals surface area contributed by atoms with Crippen molar-refractivity contribution in [2.24, 2.45) is 0 Å². The fraction of sp³-hybridized carbons (Fsp3) is 0.800. The molecule has 0 fully saturated rings. The lowest BCUT2D eigenvalue weighted by atomic mass is 10.0. The van der Waals surface area contributed by atoms with Crippen LogP contribution in [0.4, 0.5) is 0 Å². The van der Waals surface area contributed by atoms with Gasteiger partial charge in [-0.3, -0.25) is 14.1 Å². The van der Waals surface area contributed by atoms with Crippen LogP contribution in [0.25, 0.3) is 0 Å². The molecule has 0 saturated carbocycles. The molecule has 0 aromatic carbocycles. The van der Waals surface area contributed by atoms with Gasteiger partial charge in [-0.05, 0) is 51.4 Å². The average Bonchev–Trinajstić information content (AvgIpc) is 3.07. The summed E-state index contributed by atoms with van der Waals surface area (Å²) in [5, 5.41) is 0. The van der Waals surface area contributed by atoms with Crippen molar-refractivity contribution in [1.82, 2.24) is 0 Å². The second kappa shape index (κ2) is 36.1. The summed E-state index contributed by atoms with van der Waals surface area (Å²) in [4.78, 5) is 42.7. The number of ether oxygens (including phenoxy) is 2. The Bertz CT molecular complexity index is 895. The van der Waals surface area contributed by atoms with Crippen molar-refractivity contribution in [1.29, 1.82) is 0 Å². The smallest absolute Gasteiger partial charge is 0.462 e. The number of carbonyl (C=O) groups is 2. The minimum absolute atomic E-state index is 0.165. The standard InChI is InChI=1S/C40H73O8P/c1-3-5-7-9-11-13-15-17-19-21-22-24-26-28-30-32-34-39(41)46-36-38(37-47-49(43,44)45)48-40(42)35-33-31-29-27-25-23-20-18-16-14-12-10-8-6-4-2/h12,14,18,20,25,27,38H,3-11,13,15-17,19,21-24,26,28-37H2,1-2H3,(H2,43,44,45)/b14-12-,20-18-,27-25-/t38-/m1/s1. The van der Waals surface area contributed by atoms with E-state index >= 15 is 0 Å². The number of carbonyl (C=O) groups excluding carboxylic acids is 2. The molecule has 0 unspecified atom stereocenters. The Kier molecular flexibility index (Phi) is 34.8. The molecule has 9 heteroatoms. The number of phosphoric acid groups is 1. The molecule has 0 radical (unpaired) electrons. The van der Waals surface area contributed by atoms with E-state index in [2.05, 4.69) is 54.8 Å². The summed E-state index contributed by atoms with van der Waals surface area (Å²) in [5.74, 6) is -0.925. The molecule has 0 aromatic heterocycles. The monoisotopic (exact) mass is 713 g/mol. The Morgan fingerprint density at radius 1 is 0.531 bits per heavy atom. The van der Waals surface area contributed by atoms with Crippen molar-refractivity contribution in [2.75, 3.05) is 13.2 Å². The molecule has 1 atom stereocenters. The minimum atomic E-state index is -4.76. The highest BCUT2D eigenvalue weighted by atomic mass is 31.2. The summed E-state index contributed by atoms with van der Waals surface area (Å²) >= 11 is 0. The van der Waals surface area contributed by atoms with Gasteiger partial charge in [0.05, 0.1) is 6.61 Å². The molecule has 0 amide bonds. The Morgan fingerprint density at radius 2 is 0.918 bits per heavy atom. The molecule has 0 aromatic rings. The van der Waals surface area contributed by atoms with E-state index in [1.807, 2.05) is 0 Å². The first-order valence-corrected chi connectivity index (χ1v) is 21.3. The number of hydrogen-bond donors (Lipinski definition) is 2. The molecule has 0 spiro atoms. The van der Waals surface area contributed by atoms with Gasteiger partial charge in [0, 0.05) is 12.8 Å². The van der Waals surface area contributed by atoms with Crippen molar-refractivity contribution >= 4 is 19.8 Å². The molecular weight excluding hydrogens is 639 g/mol. The topological polar surface area (TPSA) is 119 Å². The van der Waals surface area contributed by atoms with Crippen LogP contribution in [0.15, 0.2) is 36.5 Å². The number of allylic oxidation sites excluding steroid dienone is 6. The molecule has 286 valence electrons. The number of unbranched alkanes of at least 4 members (excludes halogenated alkanes) is 20. The Balaban J connectivity index is 3.99. The lowest BCUT2D eigenvalue weighted by Crippen LogP contribution is -2.29. The molecule has 0 heterocycles. The van der Waals surface area contributed by atoms with Crippen LogP contribution < -0.4 is 0 Å². The van der Waals surface area contributed by atoms with Crippen LogP contribution in [0.3, 0.4) is 0 Å². The SMILES string of the molecule is CCCCC/C=C\C/C=C\C/C=C\CCCCC(=O)O[C@H](COC(=O)CCCCCCCCCCCCCCCCCC)COP(=O)(O)O. The molecule has 0 saturated heterocycles. The zero-order chi connectivity index (χ0) is 36.1. The minimum Gasteiger partial charge on any atom is -0.462 e. The van der Waals surface area contributed by atoms with Gasteiger partial charge in [-0.1, -0.05) is 159 Å². The van der Waals surface area contributed by atoms with E-state index in [4.69, 9.17) is 19.3 Å². The zero-order valence-electron chi connectivity index (χ0n) is 31.3. The lowest BCUT2D eigenvalue weighted by molar-refractivity contribution is -0.161. The molecule has 0 aliphatic carbocycles. The van der Waals surface area contributed by atoms with Gasteiger partial charge in [0.25, 0.3) is 0 Å². The predicted octanol–water partition coefficient (Wildman–Crippen LogP) is 11.8. The molecule has 0 aliphatic heterocycles. The normalized spacial score (nSPS) is 12.8. The van der Waals surface area contributed by atoms with E-state index in [9.17, 15) is 14.2 Å². The van der Waals surface area contributed by atoms with Crippen molar-refractivity contribution in [3.05, 3.63) is 36.5 Å². The highest BCUT2D eigenvalue weighted by Gasteiger charge is 2.22. The van der Waals surface area contributed by atoms with E-state index in [1.54, 1.807) is 0 Å². The van der Waals surface area contributed by atoms with Crippen molar-refractivity contribution < 1.29 is 37.9 Å². The largest absolute Gasteiger partial charge is 0.469 e. The van der Waals surface area contributed by atoms with E-state index < -0.39 is 32.5 Å². The third-order valence-corrected chi connectivity index (χ3v) is 8.90. The highest BCUT2D eigenvalue weighted by molar-refractivity contribution is 7.46. The Labute approximate surface area is 300 Å². The van der Waals surface area contributed by atoms with Crippen molar-refractivity contribution in [2.45, 2.75) is 193 Å². The van der Waals surface area contributed by atoms with Crippen molar-refractivity contribution in [3.63, 3.8) is 0 Å². The van der Waals surface area contributed by atoms with Crippen LogP contribution in [0.1, 0.15) is 187 Å². The molecule has 49 heavy (non-hydrogen) atoms. The van der Waals surface area contributed by atoms with E-state index in [0.29, 0.717) is 6.42 Å². The molecule has 0 aliphatic rings. The molecular formula is C40H73O8P. The summed E-state index contributed by atoms with van der Waals surface area (Å²) < 4.78 is 26.3. The van der Waals surface area contributed by atoms with Crippen LogP contribution in [0.5, 0.6) is 0 Å². The van der Waals surface area contributed by atoms with Crippen LogP contribution in [0, 0.1) is 0 Å². The first-order valence-electron chi connectivity index (χ1n) is 19.8. The molecule has 2 N–H and O–H groups in total. The maximum absolute atomic E-state index is 12.3. The first kappa shape index (κ1) is 47.3. The number of rotatable bonds is 36. The second-order valence-electron chi connectivity index (χ2n) is 13.3. The molecule has 0 bridgehead atoms. The average molecular weight is 713 g/mol. The number of esters is 2. The number of phosphoric ester groups is 1. The van der Waals surface area contributed by atoms with Gasteiger partial charge >= 0.3 is 19.8 Å². The van der Waals surface area contributed by atoms with E-state index in [-0.39, 0.29) is 19.4 Å². The quantitative estimate of drug-likeness (QED) is 0.0285. The third kappa shape index (κ3) is 38.9. The van der Waals surface area contributed by atoms with E-state index in [1.165, 1.54) is 103 Å². The maximum atomic E-state index is 12.3. The first-order chi connectivity index (χ1) is 23.8. The summed E-state index contributed by atoms with van der Waals surface area (Å²) in [6, 6.07) is 0. The maximum Gasteiger partial charge on any atom is 0.469 e. The Morgan fingerprint density at radius 3 is 1.41 bits per heavy atom. The summed E-state index contributed by atoms with van der Waals surface area (Å²) in [5.41, 5.74) is 0. The van der Waals surface area contributed by atoms with Gasteiger partial charge in [-0.2, -0.15) is 0 Å². The van der Waals surface area contributed by atoms with Crippen LogP contribution in [0.2, 0.25) is 0 Å². The molecule has 0 rings (SSSR count). The van der Waals surface area contributed by atoms with Crippen LogP contribution >= 0.6 is 7.82 Å². The number of hydrogen-bond acceptors (Lipinski definition) is 6. The Hall–Kier alpha value is -1.73. The fourth-order valence-corrected chi connectivity index (χ4v) is 5.80. The summed E-state index contributed by atoms with van der Waals surface area (Å²) in [6.45, 7) is 3.63. The van der Waals surface area contributed by atoms with E-state index in [0.717, 1.165) is 51.4 Å². The summed E-state index contributed by atoms with van der Waals surface area (Å²) in [6.07, 6.45) is 41.5. The highest BCUT2D eigenvalue weighted by Crippen LogP contribution is 2.36. The van der Waals surface area contributed by atoms with Gasteiger partial charge in [-0.25, -0.2) is 4.57 Å². The van der Waals surface area contributed by atoms with Gasteiger partial charge in [0.2, 0.25) is 0 Å². The van der Waals surface area contributed by atoms with Crippen LogP contribution in [-0.4, -0.2) is 41.0 Å². The van der Waals surface area contributed by atoms with Gasteiger partial charge in [0.15, 0.2) is 6.10 Å². The second-order valence-corrected chi connectivity index (χ2v) is 14.5. The van der Waals surface area contributed by atoms with Crippen molar-refractivity contribution in [3.8, 4) is 0 Å². The predicted molar refractivity (Wildman–Crippen MR) is 202 cm³/mol. The molecule has 8 nitrogen and oxygen atoms in total. The van der Waals surface area contributed by atoms with Gasteiger partial charge < -0.3 is 19.3 Å². The zero-order valence-corrected chi connectivity index (χ0v) is 32.2. The third-order valence-electron chi connectivity index (χ3n) is 8.41. The van der Waals surface area contributed by atoms with Gasteiger partial charge in [0.1, 0.15) is 6.61 Å². The fourth-order valence-electron chi connectivity index (χ4n) is 5.44.